The third kappa shape index (κ3) is 4.53. The molecule has 0 unspecified atom stereocenters. The summed E-state index contributed by atoms with van der Waals surface area (Å²) in [6.07, 6.45) is 2.41. The number of para-hydroxylation sites is 2. The first kappa shape index (κ1) is 17.3. The normalized spacial score (nSPS) is 14.0. The van der Waals surface area contributed by atoms with E-state index in [0.717, 1.165) is 30.2 Å². The van der Waals surface area contributed by atoms with Crippen LogP contribution in [0.4, 0.5) is 11.4 Å². The van der Waals surface area contributed by atoms with E-state index in [9.17, 15) is 4.79 Å². The highest BCUT2D eigenvalue weighted by atomic mass is 16.5. The van der Waals surface area contributed by atoms with Crippen LogP contribution in [0, 0.1) is 5.92 Å². The van der Waals surface area contributed by atoms with Gasteiger partial charge in [-0.3, -0.25) is 4.79 Å². The summed E-state index contributed by atoms with van der Waals surface area (Å²) in [6, 6.07) is 15.4. The third-order valence-corrected chi connectivity index (χ3v) is 4.28. The van der Waals surface area contributed by atoms with Gasteiger partial charge in [-0.15, -0.1) is 0 Å². The molecule has 3 rings (SSSR count). The van der Waals surface area contributed by atoms with E-state index in [0.29, 0.717) is 18.1 Å². The topological polar surface area (TPSA) is 41.6 Å². The quantitative estimate of drug-likeness (QED) is 0.838. The number of nitrogens with one attached hydrogen (secondary N) is 1. The van der Waals surface area contributed by atoms with Crippen molar-refractivity contribution in [2.24, 2.45) is 5.92 Å². The van der Waals surface area contributed by atoms with Gasteiger partial charge in [0, 0.05) is 18.7 Å². The van der Waals surface area contributed by atoms with Gasteiger partial charge in [-0.05, 0) is 49.1 Å². The fraction of sp³-hybridized carbons (Fsp3) is 0.381. The van der Waals surface area contributed by atoms with Crippen molar-refractivity contribution >= 4 is 17.3 Å². The standard InChI is InChI=1S/C21H26N2O2/c1-16(2)15-25-18-9-7-8-17(14-18)21(24)22-19-10-3-4-11-20(19)23-12-5-6-13-23/h3-4,7-11,14,16H,5-6,12-13,15H2,1-2H3,(H,22,24). The van der Waals surface area contributed by atoms with E-state index in [2.05, 4.69) is 30.1 Å². The van der Waals surface area contributed by atoms with Gasteiger partial charge in [0.05, 0.1) is 18.0 Å². The Morgan fingerprint density at radius 2 is 1.88 bits per heavy atom. The monoisotopic (exact) mass is 338 g/mol. The van der Waals surface area contributed by atoms with Crippen LogP contribution in [0.3, 0.4) is 0 Å². The molecule has 0 radical (unpaired) electrons. The maximum absolute atomic E-state index is 12.7. The van der Waals surface area contributed by atoms with Crippen LogP contribution in [-0.4, -0.2) is 25.6 Å². The van der Waals surface area contributed by atoms with Crippen LogP contribution in [0.1, 0.15) is 37.0 Å². The van der Waals surface area contributed by atoms with E-state index in [1.54, 1.807) is 6.07 Å². The molecule has 1 amide bonds. The van der Waals surface area contributed by atoms with Crippen molar-refractivity contribution in [1.82, 2.24) is 0 Å². The molecular formula is C21H26N2O2. The van der Waals surface area contributed by atoms with Crippen LogP contribution in [0.5, 0.6) is 5.75 Å². The van der Waals surface area contributed by atoms with Crippen LogP contribution >= 0.6 is 0 Å². The van der Waals surface area contributed by atoms with Crippen molar-refractivity contribution < 1.29 is 9.53 Å². The van der Waals surface area contributed by atoms with Crippen LogP contribution in [0.2, 0.25) is 0 Å². The Labute approximate surface area is 149 Å². The van der Waals surface area contributed by atoms with E-state index in [4.69, 9.17) is 4.74 Å². The lowest BCUT2D eigenvalue weighted by Gasteiger charge is -2.21. The van der Waals surface area contributed by atoms with Gasteiger partial charge in [-0.1, -0.05) is 32.0 Å². The molecular weight excluding hydrogens is 312 g/mol. The second-order valence-electron chi connectivity index (χ2n) is 6.90. The number of rotatable bonds is 6. The van der Waals surface area contributed by atoms with Gasteiger partial charge in [0.1, 0.15) is 5.75 Å². The number of nitrogens with zero attached hydrogens (tertiary/aromatic N) is 1. The summed E-state index contributed by atoms with van der Waals surface area (Å²) in [5, 5.41) is 3.06. The molecule has 1 saturated heterocycles. The Bertz CT molecular complexity index is 721. The third-order valence-electron chi connectivity index (χ3n) is 4.28. The SMILES string of the molecule is CC(C)COc1cccc(C(=O)Nc2ccccc2N2CCCC2)c1. The average Bonchev–Trinajstić information content (AvgIpc) is 3.15. The molecule has 1 fully saturated rings. The molecule has 0 aliphatic carbocycles. The lowest BCUT2D eigenvalue weighted by Crippen LogP contribution is -2.21. The van der Waals surface area contributed by atoms with Crippen molar-refractivity contribution in [2.75, 3.05) is 29.9 Å². The number of benzene rings is 2. The predicted octanol–water partition coefficient (Wildman–Crippen LogP) is 4.57. The molecule has 1 aliphatic heterocycles. The van der Waals surface area contributed by atoms with Gasteiger partial charge in [0.2, 0.25) is 0 Å². The summed E-state index contributed by atoms with van der Waals surface area (Å²) in [4.78, 5) is 15.0. The molecule has 0 aromatic heterocycles. The number of carbonyl (C=O) groups excluding carboxylic acids is 1. The van der Waals surface area contributed by atoms with Crippen molar-refractivity contribution in [2.45, 2.75) is 26.7 Å². The van der Waals surface area contributed by atoms with E-state index < -0.39 is 0 Å². The second kappa shape index (κ2) is 8.06. The molecule has 2 aromatic rings. The van der Waals surface area contributed by atoms with Gasteiger partial charge in [0.15, 0.2) is 0 Å². The zero-order chi connectivity index (χ0) is 17.6. The molecule has 0 saturated carbocycles. The number of carbonyl (C=O) groups is 1. The molecule has 132 valence electrons. The van der Waals surface area contributed by atoms with Gasteiger partial charge >= 0.3 is 0 Å². The van der Waals surface area contributed by atoms with Crippen molar-refractivity contribution in [3.05, 3.63) is 54.1 Å². The first-order valence-electron chi connectivity index (χ1n) is 9.01. The molecule has 0 atom stereocenters. The van der Waals surface area contributed by atoms with Gasteiger partial charge in [-0.25, -0.2) is 0 Å². The van der Waals surface area contributed by atoms with E-state index in [1.807, 2.05) is 36.4 Å². The second-order valence-corrected chi connectivity index (χ2v) is 6.90. The number of amides is 1. The molecule has 1 N–H and O–H groups in total. The van der Waals surface area contributed by atoms with Crippen LogP contribution < -0.4 is 15.0 Å². The molecule has 2 aromatic carbocycles. The van der Waals surface area contributed by atoms with Crippen LogP contribution in [0.15, 0.2) is 48.5 Å². The predicted molar refractivity (Wildman–Crippen MR) is 103 cm³/mol. The molecule has 1 heterocycles. The minimum Gasteiger partial charge on any atom is -0.493 e. The van der Waals surface area contributed by atoms with E-state index in [1.165, 1.54) is 12.8 Å². The number of ether oxygens (including phenoxy) is 1. The van der Waals surface area contributed by atoms with E-state index >= 15 is 0 Å². The Morgan fingerprint density at radius 3 is 2.64 bits per heavy atom. The van der Waals surface area contributed by atoms with E-state index in [-0.39, 0.29) is 5.91 Å². The fourth-order valence-electron chi connectivity index (χ4n) is 3.00. The van der Waals surface area contributed by atoms with Crippen molar-refractivity contribution in [3.63, 3.8) is 0 Å². The van der Waals surface area contributed by atoms with Gasteiger partial charge < -0.3 is 15.0 Å². The fourth-order valence-corrected chi connectivity index (χ4v) is 3.00. The first-order chi connectivity index (χ1) is 12.1. The number of hydrogen-bond acceptors (Lipinski definition) is 3. The van der Waals surface area contributed by atoms with Crippen LogP contribution in [0.25, 0.3) is 0 Å². The number of anilines is 2. The molecule has 1 aliphatic rings. The zero-order valence-electron chi connectivity index (χ0n) is 15.0. The Hall–Kier alpha value is -2.49. The lowest BCUT2D eigenvalue weighted by molar-refractivity contribution is 0.102. The summed E-state index contributed by atoms with van der Waals surface area (Å²) in [5.41, 5.74) is 2.57. The summed E-state index contributed by atoms with van der Waals surface area (Å²) in [6.45, 7) is 6.94. The maximum Gasteiger partial charge on any atom is 0.255 e. The Balaban J connectivity index is 1.73. The molecule has 4 nitrogen and oxygen atoms in total. The summed E-state index contributed by atoms with van der Waals surface area (Å²) < 4.78 is 5.73. The maximum atomic E-state index is 12.7. The van der Waals surface area contributed by atoms with Gasteiger partial charge in [0.25, 0.3) is 5.91 Å². The highest BCUT2D eigenvalue weighted by Gasteiger charge is 2.17. The largest absolute Gasteiger partial charge is 0.493 e. The average molecular weight is 338 g/mol. The molecule has 0 bridgehead atoms. The summed E-state index contributed by atoms with van der Waals surface area (Å²) in [5.74, 6) is 1.07. The minimum atomic E-state index is -0.110. The molecule has 0 spiro atoms. The van der Waals surface area contributed by atoms with Crippen LogP contribution in [-0.2, 0) is 0 Å². The highest BCUT2D eigenvalue weighted by molar-refractivity contribution is 6.06. The van der Waals surface area contributed by atoms with Crippen molar-refractivity contribution in [1.29, 1.82) is 0 Å². The summed E-state index contributed by atoms with van der Waals surface area (Å²) >= 11 is 0. The Kier molecular flexibility index (Phi) is 5.59. The zero-order valence-corrected chi connectivity index (χ0v) is 15.0. The van der Waals surface area contributed by atoms with Gasteiger partial charge in [-0.2, -0.15) is 0 Å². The minimum absolute atomic E-state index is 0.110. The first-order valence-corrected chi connectivity index (χ1v) is 9.01. The molecule has 25 heavy (non-hydrogen) atoms. The molecule has 4 heteroatoms. The van der Waals surface area contributed by atoms with Crippen molar-refractivity contribution in [3.8, 4) is 5.75 Å². The lowest BCUT2D eigenvalue weighted by atomic mass is 10.1. The summed E-state index contributed by atoms with van der Waals surface area (Å²) in [7, 11) is 0. The number of hydrogen-bond donors (Lipinski definition) is 1. The highest BCUT2D eigenvalue weighted by Crippen LogP contribution is 2.29. The Morgan fingerprint density at radius 1 is 1.12 bits per heavy atom. The smallest absolute Gasteiger partial charge is 0.255 e.